The molecule has 33 heavy (non-hydrogen) atoms. The van der Waals surface area contributed by atoms with Gasteiger partial charge in [0.2, 0.25) is 0 Å². The van der Waals surface area contributed by atoms with Gasteiger partial charge in [-0.2, -0.15) is 5.10 Å². The summed E-state index contributed by atoms with van der Waals surface area (Å²) >= 11 is 6.21. The van der Waals surface area contributed by atoms with E-state index < -0.39 is 5.60 Å². The molecule has 0 aliphatic carbocycles. The van der Waals surface area contributed by atoms with Gasteiger partial charge in [0.15, 0.2) is 0 Å². The Morgan fingerprint density at radius 3 is 2.64 bits per heavy atom. The third-order valence-electron chi connectivity index (χ3n) is 5.49. The lowest BCUT2D eigenvalue weighted by atomic mass is 9.94. The average molecular weight is 469 g/mol. The summed E-state index contributed by atoms with van der Waals surface area (Å²) in [6.07, 6.45) is 6.84. The normalized spacial score (nSPS) is 14.8. The van der Waals surface area contributed by atoms with Crippen LogP contribution in [0.3, 0.4) is 0 Å². The highest BCUT2D eigenvalue weighted by Crippen LogP contribution is 2.28. The standard InChI is InChI=1S/C25H29ClN4O3/c1-25(2,3)33-24(31)29-11-8-18(9-12-29)23-10-13-30(28-23)20-14-21(16-27-15-20)32-17-19-6-4-5-7-22(19)26/h4-7,10,13-16,18H,8-9,11-12,17H2,1-3H3. The van der Waals surface area contributed by atoms with Crippen LogP contribution < -0.4 is 4.74 Å². The van der Waals surface area contributed by atoms with E-state index in [2.05, 4.69) is 4.98 Å². The van der Waals surface area contributed by atoms with Gasteiger partial charge < -0.3 is 14.4 Å². The van der Waals surface area contributed by atoms with Gasteiger partial charge in [0.1, 0.15) is 18.0 Å². The van der Waals surface area contributed by atoms with Crippen molar-refractivity contribution in [1.82, 2.24) is 19.7 Å². The van der Waals surface area contributed by atoms with Crippen LogP contribution in [-0.2, 0) is 11.3 Å². The number of pyridine rings is 1. The summed E-state index contributed by atoms with van der Waals surface area (Å²) in [4.78, 5) is 18.4. The molecule has 0 saturated carbocycles. The Morgan fingerprint density at radius 1 is 1.15 bits per heavy atom. The van der Waals surface area contributed by atoms with Gasteiger partial charge in [-0.15, -0.1) is 0 Å². The Balaban J connectivity index is 1.36. The van der Waals surface area contributed by atoms with Crippen molar-refractivity contribution in [1.29, 1.82) is 0 Å². The van der Waals surface area contributed by atoms with Crippen LogP contribution >= 0.6 is 11.6 Å². The number of hydrogen-bond acceptors (Lipinski definition) is 5. The van der Waals surface area contributed by atoms with Gasteiger partial charge in [-0.3, -0.25) is 4.98 Å². The first kappa shape index (κ1) is 23.1. The lowest BCUT2D eigenvalue weighted by Crippen LogP contribution is -2.41. The number of nitrogens with zero attached hydrogens (tertiary/aromatic N) is 4. The number of piperidine rings is 1. The molecule has 0 spiro atoms. The summed E-state index contributed by atoms with van der Waals surface area (Å²) in [5.74, 6) is 0.952. The third-order valence-corrected chi connectivity index (χ3v) is 5.86. The molecule has 7 nitrogen and oxygen atoms in total. The number of carbonyl (C=O) groups is 1. The average Bonchev–Trinajstić information content (AvgIpc) is 3.28. The van der Waals surface area contributed by atoms with E-state index in [1.165, 1.54) is 0 Å². The molecule has 8 heteroatoms. The maximum absolute atomic E-state index is 12.3. The van der Waals surface area contributed by atoms with Gasteiger partial charge >= 0.3 is 6.09 Å². The zero-order chi connectivity index (χ0) is 23.4. The molecule has 0 N–H and O–H groups in total. The van der Waals surface area contributed by atoms with E-state index in [-0.39, 0.29) is 6.09 Å². The van der Waals surface area contributed by atoms with Gasteiger partial charge in [-0.05, 0) is 45.7 Å². The Kier molecular flexibility index (Phi) is 6.88. The van der Waals surface area contributed by atoms with Gasteiger partial charge in [-0.25, -0.2) is 9.48 Å². The van der Waals surface area contributed by atoms with Crippen molar-refractivity contribution >= 4 is 17.7 Å². The van der Waals surface area contributed by atoms with E-state index in [9.17, 15) is 4.79 Å². The number of amides is 1. The first-order chi connectivity index (χ1) is 15.8. The summed E-state index contributed by atoms with van der Waals surface area (Å²) in [5, 5.41) is 5.45. The summed E-state index contributed by atoms with van der Waals surface area (Å²) in [6.45, 7) is 7.35. The number of benzene rings is 1. The second-order valence-electron chi connectivity index (χ2n) is 9.19. The molecule has 1 aliphatic heterocycles. The highest BCUT2D eigenvalue weighted by atomic mass is 35.5. The van der Waals surface area contributed by atoms with Gasteiger partial charge in [0.05, 0.1) is 23.8 Å². The predicted molar refractivity (Wildman–Crippen MR) is 127 cm³/mol. The molecule has 1 aliphatic rings. The second kappa shape index (κ2) is 9.83. The molecule has 3 heterocycles. The molecular weight excluding hydrogens is 440 g/mol. The third kappa shape index (κ3) is 6.05. The van der Waals surface area contributed by atoms with Crippen LogP contribution in [0, 0.1) is 0 Å². The zero-order valence-corrected chi connectivity index (χ0v) is 20.0. The molecule has 2 aromatic heterocycles. The lowest BCUT2D eigenvalue weighted by molar-refractivity contribution is 0.0204. The minimum Gasteiger partial charge on any atom is -0.487 e. The molecule has 1 amide bonds. The molecule has 0 atom stereocenters. The minimum atomic E-state index is -0.480. The van der Waals surface area contributed by atoms with Gasteiger partial charge in [0.25, 0.3) is 0 Å². The van der Waals surface area contributed by atoms with Crippen LogP contribution in [0.1, 0.15) is 50.8 Å². The van der Waals surface area contributed by atoms with Crippen molar-refractivity contribution in [3.8, 4) is 11.4 Å². The summed E-state index contributed by atoms with van der Waals surface area (Å²) < 4.78 is 13.2. The van der Waals surface area contributed by atoms with Crippen LogP contribution in [0.25, 0.3) is 5.69 Å². The van der Waals surface area contributed by atoms with E-state index in [4.69, 9.17) is 26.2 Å². The highest BCUT2D eigenvalue weighted by molar-refractivity contribution is 6.31. The van der Waals surface area contributed by atoms with E-state index in [0.29, 0.717) is 36.4 Å². The van der Waals surface area contributed by atoms with Crippen molar-refractivity contribution < 1.29 is 14.3 Å². The largest absolute Gasteiger partial charge is 0.487 e. The van der Waals surface area contributed by atoms with Crippen molar-refractivity contribution in [2.75, 3.05) is 13.1 Å². The van der Waals surface area contributed by atoms with Crippen LogP contribution in [0.4, 0.5) is 4.79 Å². The van der Waals surface area contributed by atoms with Crippen LogP contribution in [-0.4, -0.2) is 44.4 Å². The predicted octanol–water partition coefficient (Wildman–Crippen LogP) is 5.61. The Hall–Kier alpha value is -3.06. The van der Waals surface area contributed by atoms with Crippen molar-refractivity contribution in [3.05, 3.63) is 71.3 Å². The molecule has 174 valence electrons. The number of rotatable bonds is 5. The van der Waals surface area contributed by atoms with E-state index in [1.54, 1.807) is 17.3 Å². The maximum atomic E-state index is 12.3. The summed E-state index contributed by atoms with van der Waals surface area (Å²) in [5.41, 5.74) is 2.28. The van der Waals surface area contributed by atoms with E-state index in [0.717, 1.165) is 29.8 Å². The molecular formula is C25H29ClN4O3. The Bertz CT molecular complexity index is 1100. The van der Waals surface area contributed by atoms with Crippen LogP contribution in [0.2, 0.25) is 5.02 Å². The van der Waals surface area contributed by atoms with E-state index in [1.807, 2.05) is 68.0 Å². The Morgan fingerprint density at radius 2 is 1.91 bits per heavy atom. The fraction of sp³-hybridized carbons (Fsp3) is 0.400. The molecule has 0 unspecified atom stereocenters. The highest BCUT2D eigenvalue weighted by Gasteiger charge is 2.28. The first-order valence-corrected chi connectivity index (χ1v) is 11.5. The molecule has 0 bridgehead atoms. The first-order valence-electron chi connectivity index (χ1n) is 11.1. The summed E-state index contributed by atoms with van der Waals surface area (Å²) in [7, 11) is 0. The SMILES string of the molecule is CC(C)(C)OC(=O)N1CCC(c2ccn(-c3cncc(OCc4ccccc4Cl)c3)n2)CC1. The molecule has 3 aromatic rings. The van der Waals surface area contributed by atoms with E-state index >= 15 is 0 Å². The molecule has 1 saturated heterocycles. The van der Waals surface area contributed by atoms with Crippen LogP contribution in [0.5, 0.6) is 5.75 Å². The van der Waals surface area contributed by atoms with Crippen molar-refractivity contribution in [3.63, 3.8) is 0 Å². The fourth-order valence-electron chi connectivity index (χ4n) is 3.77. The smallest absolute Gasteiger partial charge is 0.410 e. The number of likely N-dealkylation sites (tertiary alicyclic amines) is 1. The lowest BCUT2D eigenvalue weighted by Gasteiger charge is -2.32. The van der Waals surface area contributed by atoms with Gasteiger partial charge in [0, 0.05) is 41.9 Å². The maximum Gasteiger partial charge on any atom is 0.410 e. The zero-order valence-electron chi connectivity index (χ0n) is 19.2. The number of aromatic nitrogens is 3. The molecule has 1 aromatic carbocycles. The van der Waals surface area contributed by atoms with Crippen LogP contribution in [0.15, 0.2) is 55.0 Å². The minimum absolute atomic E-state index is 0.244. The Labute approximate surface area is 199 Å². The quantitative estimate of drug-likeness (QED) is 0.486. The fourth-order valence-corrected chi connectivity index (χ4v) is 3.96. The monoisotopic (exact) mass is 468 g/mol. The number of hydrogen-bond donors (Lipinski definition) is 0. The molecule has 1 fully saturated rings. The number of ether oxygens (including phenoxy) is 2. The molecule has 0 radical (unpaired) electrons. The van der Waals surface area contributed by atoms with Gasteiger partial charge in [-0.1, -0.05) is 29.8 Å². The summed E-state index contributed by atoms with van der Waals surface area (Å²) in [6, 6.07) is 11.6. The van der Waals surface area contributed by atoms with Crippen molar-refractivity contribution in [2.24, 2.45) is 0 Å². The van der Waals surface area contributed by atoms with Crippen molar-refractivity contribution in [2.45, 2.75) is 51.7 Å². The second-order valence-corrected chi connectivity index (χ2v) is 9.59. The topological polar surface area (TPSA) is 69.5 Å². The number of halogens is 1. The number of carbonyl (C=O) groups excluding carboxylic acids is 1. The molecule has 4 rings (SSSR count).